The van der Waals surface area contributed by atoms with Gasteiger partial charge in [-0.15, -0.1) is 0 Å². The van der Waals surface area contributed by atoms with Crippen molar-refractivity contribution in [2.75, 3.05) is 37.6 Å². The second-order valence-electron chi connectivity index (χ2n) is 7.74. The Morgan fingerprint density at radius 1 is 1.17 bits per heavy atom. The second-order valence-corrected chi connectivity index (χ2v) is 9.50. The van der Waals surface area contributed by atoms with Gasteiger partial charge in [-0.2, -0.15) is 8.42 Å². The molecule has 13 heteroatoms. The number of nitrogens with one attached hydrogen (secondary N) is 1. The highest BCUT2D eigenvalue weighted by Gasteiger charge is 2.33. The molecular formula is C23H26FN3O8S. The summed E-state index contributed by atoms with van der Waals surface area (Å²) in [4.78, 5) is 24.4. The van der Waals surface area contributed by atoms with Crippen molar-refractivity contribution in [1.29, 1.82) is 0 Å². The number of carbonyl (C=O) groups excluding carboxylic acids is 1. The fraction of sp³-hybridized carbons (Fsp3) is 0.304. The Labute approximate surface area is 206 Å². The van der Waals surface area contributed by atoms with Crippen LogP contribution in [0.5, 0.6) is 0 Å². The summed E-state index contributed by atoms with van der Waals surface area (Å²) in [7, 11) is -3.40. The molecule has 194 valence electrons. The molecule has 0 radical (unpaired) electrons. The third kappa shape index (κ3) is 5.42. The summed E-state index contributed by atoms with van der Waals surface area (Å²) < 4.78 is 45.8. The Morgan fingerprint density at radius 2 is 1.83 bits per heavy atom. The molecular weight excluding hydrogens is 497 g/mol. The maximum Gasteiger partial charge on any atom is 0.407 e. The van der Waals surface area contributed by atoms with Crippen LogP contribution in [0, 0.1) is 5.82 Å². The summed E-state index contributed by atoms with van der Waals surface area (Å²) in [5, 5.41) is 30.8. The van der Waals surface area contributed by atoms with Crippen LogP contribution in [-0.2, 0) is 10.0 Å². The normalized spacial score (nSPS) is 12.4. The predicted octanol–water partition coefficient (Wildman–Crippen LogP) is 2.74. The third-order valence-electron chi connectivity index (χ3n) is 5.47. The number of sulfonamides is 1. The van der Waals surface area contributed by atoms with Crippen molar-refractivity contribution in [3.8, 4) is 11.3 Å². The van der Waals surface area contributed by atoms with Gasteiger partial charge in [-0.25, -0.2) is 9.18 Å². The number of hydrogen-bond donors (Lipinski definition) is 4. The number of aliphatic hydroxyl groups excluding tert-OH is 2. The summed E-state index contributed by atoms with van der Waals surface area (Å²) in [6.07, 6.45) is -2.91. The molecule has 0 aliphatic rings. The number of hydrogen-bond acceptors (Lipinski definition) is 7. The molecule has 3 rings (SSSR count). The van der Waals surface area contributed by atoms with Crippen LogP contribution in [0.25, 0.3) is 22.3 Å². The van der Waals surface area contributed by atoms with Crippen LogP contribution in [0.2, 0.25) is 0 Å². The summed E-state index contributed by atoms with van der Waals surface area (Å²) in [5.41, 5.74) is 0.695. The molecule has 1 unspecified atom stereocenters. The van der Waals surface area contributed by atoms with Gasteiger partial charge in [0, 0.05) is 42.7 Å². The predicted molar refractivity (Wildman–Crippen MR) is 130 cm³/mol. The molecule has 0 saturated heterocycles. The van der Waals surface area contributed by atoms with Gasteiger partial charge in [-0.05, 0) is 43.3 Å². The Balaban J connectivity index is 2.19. The third-order valence-corrected chi connectivity index (χ3v) is 7.18. The molecule has 1 heterocycles. The van der Waals surface area contributed by atoms with Gasteiger partial charge in [0.1, 0.15) is 17.2 Å². The number of benzene rings is 2. The molecule has 0 spiro atoms. The van der Waals surface area contributed by atoms with Crippen molar-refractivity contribution in [1.82, 2.24) is 10.2 Å². The minimum absolute atomic E-state index is 0.0208. The summed E-state index contributed by atoms with van der Waals surface area (Å²) >= 11 is 0. The number of amides is 2. The zero-order valence-electron chi connectivity index (χ0n) is 19.5. The highest BCUT2D eigenvalue weighted by molar-refractivity contribution is 8.07. The van der Waals surface area contributed by atoms with Gasteiger partial charge < -0.3 is 30.0 Å². The highest BCUT2D eigenvalue weighted by Crippen LogP contribution is 2.37. The largest absolute Gasteiger partial charge is 0.465 e. The summed E-state index contributed by atoms with van der Waals surface area (Å²) in [6, 6.07) is 9.87. The molecule has 0 saturated carbocycles. The molecule has 0 bridgehead atoms. The van der Waals surface area contributed by atoms with E-state index in [4.69, 9.17) is 9.52 Å². The van der Waals surface area contributed by atoms with E-state index in [1.807, 2.05) is 0 Å². The Bertz CT molecular complexity index is 1360. The van der Waals surface area contributed by atoms with Gasteiger partial charge in [-0.1, -0.05) is 0 Å². The topological polar surface area (TPSA) is 161 Å². The molecule has 1 atom stereocenters. The van der Waals surface area contributed by atoms with Gasteiger partial charge in [0.2, 0.25) is 0 Å². The van der Waals surface area contributed by atoms with E-state index in [0.717, 1.165) is 16.3 Å². The lowest BCUT2D eigenvalue weighted by Gasteiger charge is -2.28. The van der Waals surface area contributed by atoms with Crippen LogP contribution in [0.1, 0.15) is 18.6 Å². The first-order chi connectivity index (χ1) is 17.0. The first-order valence-corrected chi connectivity index (χ1v) is 12.3. The molecule has 1 aromatic heterocycles. The molecule has 11 nitrogen and oxygen atoms in total. The van der Waals surface area contributed by atoms with Crippen molar-refractivity contribution < 1.29 is 42.1 Å². The zero-order chi connectivity index (χ0) is 26.6. The number of anilines is 1. The van der Waals surface area contributed by atoms with Crippen molar-refractivity contribution in [3.63, 3.8) is 0 Å². The average molecular weight is 524 g/mol. The van der Waals surface area contributed by atoms with Crippen LogP contribution in [0.4, 0.5) is 19.7 Å². The van der Waals surface area contributed by atoms with E-state index in [2.05, 4.69) is 5.32 Å². The summed E-state index contributed by atoms with van der Waals surface area (Å²) in [6.45, 7) is 0.0565. The smallest absolute Gasteiger partial charge is 0.407 e. The van der Waals surface area contributed by atoms with Gasteiger partial charge in [-0.3, -0.25) is 9.10 Å². The number of halogens is 1. The molecule has 3 aromatic rings. The lowest BCUT2D eigenvalue weighted by molar-refractivity contribution is 0.0875. The maximum atomic E-state index is 13.3. The molecule has 36 heavy (non-hydrogen) atoms. The molecule has 0 fully saturated rings. The van der Waals surface area contributed by atoms with Crippen molar-refractivity contribution in [2.45, 2.75) is 13.0 Å². The van der Waals surface area contributed by atoms with E-state index >= 15 is 0 Å². The SMILES string of the molecule is CCN(c1cc2oc(-c3ccc(F)cc3)cc2cc1C(O)CN(CCO)C(=O)O)S(=O)(=O)C(=O)NC. The average Bonchev–Trinajstić information content (AvgIpc) is 3.26. The lowest BCUT2D eigenvalue weighted by Crippen LogP contribution is -2.41. The number of furan rings is 1. The molecule has 4 N–H and O–H groups in total. The number of carbonyl (C=O) groups is 2. The molecule has 2 aromatic carbocycles. The highest BCUT2D eigenvalue weighted by atomic mass is 32.2. The molecule has 2 amide bonds. The van der Waals surface area contributed by atoms with Crippen molar-refractivity contribution in [2.24, 2.45) is 0 Å². The molecule has 0 aliphatic carbocycles. The fourth-order valence-electron chi connectivity index (χ4n) is 3.72. The van der Waals surface area contributed by atoms with Crippen molar-refractivity contribution in [3.05, 3.63) is 53.8 Å². The van der Waals surface area contributed by atoms with E-state index in [0.29, 0.717) is 16.7 Å². The minimum atomic E-state index is -4.57. The van der Waals surface area contributed by atoms with Gasteiger partial charge in [0.15, 0.2) is 0 Å². The molecule has 0 aliphatic heterocycles. The zero-order valence-corrected chi connectivity index (χ0v) is 20.3. The van der Waals surface area contributed by atoms with Gasteiger partial charge in [0.25, 0.3) is 0 Å². The second kappa shape index (κ2) is 10.9. The van der Waals surface area contributed by atoms with E-state index < -0.39 is 46.4 Å². The number of rotatable bonds is 9. The Morgan fingerprint density at radius 3 is 2.39 bits per heavy atom. The van der Waals surface area contributed by atoms with Crippen LogP contribution in [0.15, 0.2) is 46.9 Å². The number of nitrogens with zero attached hydrogens (tertiary/aromatic N) is 2. The monoisotopic (exact) mass is 523 g/mol. The van der Waals surface area contributed by atoms with Crippen LogP contribution < -0.4 is 9.62 Å². The lowest BCUT2D eigenvalue weighted by atomic mass is 10.0. The van der Waals surface area contributed by atoms with E-state index in [9.17, 15) is 32.6 Å². The quantitative estimate of drug-likeness (QED) is 0.333. The van der Waals surface area contributed by atoms with Gasteiger partial charge >= 0.3 is 21.4 Å². The standard InChI is InChI=1S/C23H26FN3O8S/c1-3-27(36(33,34)22(30)25-2)18-12-21-15(11-20(35-21)14-4-6-16(24)7-5-14)10-17(18)19(29)13-26(8-9-28)23(31)32/h4-7,10-12,19,28-29H,3,8-9,13H2,1-2H3,(H,25,30)(H,31,32). The number of carboxylic acid groups (broad SMARTS) is 1. The van der Waals surface area contributed by atoms with Crippen LogP contribution in [0.3, 0.4) is 0 Å². The van der Waals surface area contributed by atoms with E-state index in [-0.39, 0.29) is 29.9 Å². The van der Waals surface area contributed by atoms with Crippen LogP contribution in [-0.4, -0.2) is 73.3 Å². The Hall–Kier alpha value is -3.68. The van der Waals surface area contributed by atoms with Crippen LogP contribution >= 0.6 is 0 Å². The van der Waals surface area contributed by atoms with E-state index in [1.165, 1.54) is 43.3 Å². The van der Waals surface area contributed by atoms with Gasteiger partial charge in [0.05, 0.1) is 24.9 Å². The Kier molecular flexibility index (Phi) is 8.17. The summed E-state index contributed by atoms with van der Waals surface area (Å²) in [5.74, 6) is -0.0985. The number of aliphatic hydroxyl groups is 2. The number of fused-ring (bicyclic) bond motifs is 1. The fourth-order valence-corrected chi connectivity index (χ4v) is 4.94. The first-order valence-electron chi connectivity index (χ1n) is 10.9. The minimum Gasteiger partial charge on any atom is -0.465 e. The maximum absolute atomic E-state index is 13.3. The van der Waals surface area contributed by atoms with E-state index in [1.54, 1.807) is 6.07 Å². The van der Waals surface area contributed by atoms with Crippen molar-refractivity contribution >= 4 is 38.0 Å². The first kappa shape index (κ1) is 26.9.